The van der Waals surface area contributed by atoms with Crippen LogP contribution in [0.25, 0.3) is 0 Å². The summed E-state index contributed by atoms with van der Waals surface area (Å²) in [4.78, 5) is 16.9. The van der Waals surface area contributed by atoms with Crippen LogP contribution >= 0.6 is 0 Å². The highest BCUT2D eigenvalue weighted by molar-refractivity contribution is 5.72. The Labute approximate surface area is 159 Å². The van der Waals surface area contributed by atoms with Crippen molar-refractivity contribution in [2.75, 3.05) is 13.6 Å². The fraction of sp³-hybridized carbons (Fsp3) is 0.381. The second-order valence-corrected chi connectivity index (χ2v) is 7.55. The molecule has 1 heterocycles. The summed E-state index contributed by atoms with van der Waals surface area (Å²) in [5.74, 6) is 0.429. The fourth-order valence-electron chi connectivity index (χ4n) is 3.96. The topological polar surface area (TPSA) is 79.0 Å². The third-order valence-electron chi connectivity index (χ3n) is 5.53. The molecule has 2 aliphatic rings. The van der Waals surface area contributed by atoms with Crippen molar-refractivity contribution in [2.24, 2.45) is 16.3 Å². The lowest BCUT2D eigenvalue weighted by Gasteiger charge is -2.26. The monoisotopic (exact) mass is 367 g/mol. The number of hydrogen-bond donors (Lipinski definition) is 1. The van der Waals surface area contributed by atoms with Gasteiger partial charge in [-0.25, -0.2) is 0 Å². The maximum Gasteiger partial charge on any atom is 0.269 e. The van der Waals surface area contributed by atoms with E-state index >= 15 is 0 Å². The molecule has 3 rings (SSSR count). The van der Waals surface area contributed by atoms with Crippen molar-refractivity contribution in [3.8, 4) is 0 Å². The molecule has 1 aliphatic carbocycles. The molecule has 1 aromatic carbocycles. The zero-order valence-electron chi connectivity index (χ0n) is 15.8. The Morgan fingerprint density at radius 1 is 1.30 bits per heavy atom. The van der Waals surface area contributed by atoms with Crippen LogP contribution in [-0.4, -0.2) is 40.8 Å². The highest BCUT2D eigenvalue weighted by atomic mass is 16.6. The summed E-state index contributed by atoms with van der Waals surface area (Å²) in [6.45, 7) is 4.69. The predicted molar refractivity (Wildman–Crippen MR) is 107 cm³/mol. The molecule has 1 N–H and O–H groups in total. The summed E-state index contributed by atoms with van der Waals surface area (Å²) >= 11 is 0. The molecule has 3 atom stereocenters. The van der Waals surface area contributed by atoms with Gasteiger partial charge in [0.15, 0.2) is 0 Å². The van der Waals surface area contributed by atoms with E-state index in [4.69, 9.17) is 0 Å². The molecule has 0 amide bonds. The average molecular weight is 367 g/mol. The summed E-state index contributed by atoms with van der Waals surface area (Å²) in [5, 5.41) is 20.9. The van der Waals surface area contributed by atoms with Gasteiger partial charge in [-0.2, -0.15) is 0 Å². The van der Waals surface area contributed by atoms with Crippen LogP contribution in [0.1, 0.15) is 25.5 Å². The minimum absolute atomic E-state index is 0.00365. The first-order chi connectivity index (χ1) is 12.8. The number of likely N-dealkylation sites (tertiary alicyclic amines) is 1. The third-order valence-corrected chi connectivity index (χ3v) is 5.53. The number of aliphatic imine (C=N–C) groups is 1. The Balaban J connectivity index is 1.66. The van der Waals surface area contributed by atoms with E-state index in [0.717, 1.165) is 0 Å². The van der Waals surface area contributed by atoms with Gasteiger partial charge in [0.2, 0.25) is 0 Å². The first kappa shape index (κ1) is 19.0. The number of benzene rings is 1. The van der Waals surface area contributed by atoms with E-state index in [-0.39, 0.29) is 17.6 Å². The van der Waals surface area contributed by atoms with Gasteiger partial charge in [0.05, 0.1) is 23.6 Å². The van der Waals surface area contributed by atoms with Crippen molar-refractivity contribution in [3.05, 3.63) is 76.0 Å². The number of hydrogen-bond acceptors (Lipinski definition) is 5. The number of rotatable bonds is 5. The van der Waals surface area contributed by atoms with Crippen molar-refractivity contribution in [2.45, 2.75) is 26.0 Å². The van der Waals surface area contributed by atoms with Gasteiger partial charge in [0.1, 0.15) is 0 Å². The second-order valence-electron chi connectivity index (χ2n) is 7.55. The Kier molecular flexibility index (Phi) is 5.28. The first-order valence-corrected chi connectivity index (χ1v) is 9.03. The Bertz CT molecular complexity index is 822. The maximum atomic E-state index is 10.7. The lowest BCUT2D eigenvalue weighted by Crippen LogP contribution is -2.27. The van der Waals surface area contributed by atoms with Crippen molar-refractivity contribution in [3.63, 3.8) is 0 Å². The average Bonchev–Trinajstić information content (AvgIpc) is 2.85. The molecule has 0 spiro atoms. The quantitative estimate of drug-likeness (QED) is 0.489. The number of nitro groups is 1. The van der Waals surface area contributed by atoms with Crippen LogP contribution in [0.3, 0.4) is 0 Å². The first-order valence-electron chi connectivity index (χ1n) is 9.03. The molecule has 0 radical (unpaired) electrons. The maximum absolute atomic E-state index is 10.7. The Hall–Kier alpha value is -2.73. The fourth-order valence-corrected chi connectivity index (χ4v) is 3.96. The zero-order valence-corrected chi connectivity index (χ0v) is 15.8. The molecule has 6 nitrogen and oxygen atoms in total. The van der Waals surface area contributed by atoms with Gasteiger partial charge in [0, 0.05) is 42.4 Å². The molecule has 1 saturated heterocycles. The van der Waals surface area contributed by atoms with Gasteiger partial charge >= 0.3 is 0 Å². The van der Waals surface area contributed by atoms with E-state index in [1.165, 1.54) is 17.8 Å². The van der Waals surface area contributed by atoms with Gasteiger partial charge < -0.3 is 10.0 Å². The summed E-state index contributed by atoms with van der Waals surface area (Å²) in [5.41, 5.74) is 1.84. The number of fused-ring (bicyclic) bond motifs is 1. The van der Waals surface area contributed by atoms with Crippen molar-refractivity contribution >= 4 is 11.9 Å². The lowest BCUT2D eigenvalue weighted by molar-refractivity contribution is -0.384. The molecule has 3 unspecified atom stereocenters. The highest BCUT2D eigenvalue weighted by Gasteiger charge is 2.46. The highest BCUT2D eigenvalue weighted by Crippen LogP contribution is 2.49. The summed E-state index contributed by atoms with van der Waals surface area (Å²) in [7, 11) is 2.10. The van der Waals surface area contributed by atoms with Crippen LogP contribution in [0.2, 0.25) is 0 Å². The minimum atomic E-state index is -0.789. The molecular weight excluding hydrogens is 342 g/mol. The van der Waals surface area contributed by atoms with E-state index < -0.39 is 11.0 Å². The number of allylic oxidation sites excluding steroid dienone is 4. The standard InChI is InChI=1S/C21H25N3O3/c1-21(2)17-6-4-5-7-18(17)23(3)20(21)12-13-22-14-19(25)15-8-10-16(11-9-15)24(26)27/h4-13,17-19,25H,14H2,1-3H3/b20-12+,22-13?. The normalized spacial score (nSPS) is 25.9. The van der Waals surface area contributed by atoms with E-state index in [1.54, 1.807) is 18.3 Å². The van der Waals surface area contributed by atoms with Crippen molar-refractivity contribution in [1.82, 2.24) is 4.90 Å². The van der Waals surface area contributed by atoms with Gasteiger partial charge in [-0.15, -0.1) is 0 Å². The number of nitrogens with zero attached hydrogens (tertiary/aromatic N) is 3. The Morgan fingerprint density at radius 3 is 2.59 bits per heavy atom. The molecule has 27 heavy (non-hydrogen) atoms. The van der Waals surface area contributed by atoms with Crippen LogP contribution in [0, 0.1) is 21.4 Å². The smallest absolute Gasteiger partial charge is 0.269 e. The van der Waals surface area contributed by atoms with Crippen molar-refractivity contribution < 1.29 is 10.0 Å². The third kappa shape index (κ3) is 3.71. The zero-order chi connectivity index (χ0) is 19.6. The minimum Gasteiger partial charge on any atom is -0.386 e. The van der Waals surface area contributed by atoms with Gasteiger partial charge in [-0.3, -0.25) is 15.1 Å². The van der Waals surface area contributed by atoms with Gasteiger partial charge in [-0.05, 0) is 23.8 Å². The number of aliphatic hydroxyl groups is 1. The van der Waals surface area contributed by atoms with E-state index in [1.807, 2.05) is 6.08 Å². The molecule has 1 aliphatic heterocycles. The Morgan fingerprint density at radius 2 is 1.96 bits per heavy atom. The van der Waals surface area contributed by atoms with E-state index in [2.05, 4.69) is 55.1 Å². The van der Waals surface area contributed by atoms with Crippen LogP contribution in [0.4, 0.5) is 5.69 Å². The number of likely N-dealkylation sites (N-methyl/N-ethyl adjacent to an activating group) is 1. The molecule has 0 saturated carbocycles. The molecule has 6 heteroatoms. The molecule has 0 bridgehead atoms. The largest absolute Gasteiger partial charge is 0.386 e. The summed E-state index contributed by atoms with van der Waals surface area (Å²) in [6.07, 6.45) is 11.7. The van der Waals surface area contributed by atoms with Crippen LogP contribution in [0.5, 0.6) is 0 Å². The lowest BCUT2D eigenvalue weighted by atomic mass is 9.75. The summed E-state index contributed by atoms with van der Waals surface area (Å²) in [6, 6.07) is 6.27. The second kappa shape index (κ2) is 7.48. The molecule has 0 aromatic heterocycles. The number of aliphatic hydroxyl groups excluding tert-OH is 1. The van der Waals surface area contributed by atoms with Crippen LogP contribution < -0.4 is 0 Å². The number of nitro benzene ring substituents is 1. The molecule has 1 fully saturated rings. The van der Waals surface area contributed by atoms with E-state index in [0.29, 0.717) is 17.5 Å². The van der Waals surface area contributed by atoms with Crippen molar-refractivity contribution in [1.29, 1.82) is 0 Å². The van der Waals surface area contributed by atoms with Gasteiger partial charge in [-0.1, -0.05) is 38.2 Å². The summed E-state index contributed by atoms with van der Waals surface area (Å²) < 4.78 is 0. The van der Waals surface area contributed by atoms with Gasteiger partial charge in [0.25, 0.3) is 5.69 Å². The SMILES string of the molecule is CN1/C(=C/C=NCC(O)c2ccc([N+](=O)[O-])cc2)C(C)(C)C2C=CC=CC21. The molecule has 142 valence electrons. The number of non-ortho nitro benzene ring substituents is 1. The van der Waals surface area contributed by atoms with Crippen LogP contribution in [-0.2, 0) is 0 Å². The predicted octanol–water partition coefficient (Wildman–Crippen LogP) is 3.67. The van der Waals surface area contributed by atoms with E-state index in [9.17, 15) is 15.2 Å². The van der Waals surface area contributed by atoms with Crippen LogP contribution in [0.15, 0.2) is 65.3 Å². The molecule has 1 aromatic rings. The molecular formula is C21H25N3O3.